The average Bonchev–Trinajstić information content (AvgIpc) is 2.59. The fraction of sp³-hybridized carbons (Fsp3) is 0.556. The first-order chi connectivity index (χ1) is 7.61. The van der Waals surface area contributed by atoms with Crippen molar-refractivity contribution in [3.05, 3.63) is 22.6 Å². The van der Waals surface area contributed by atoms with Crippen molar-refractivity contribution in [3.8, 4) is 0 Å². The Kier molecular flexibility index (Phi) is 2.90. The van der Waals surface area contributed by atoms with E-state index in [0.29, 0.717) is 0 Å². The smallest absolute Gasteiger partial charge is 0.271 e. The van der Waals surface area contributed by atoms with Crippen LogP contribution in [0.25, 0.3) is 0 Å². The molecule has 1 fully saturated rings. The number of rotatable bonds is 2. The van der Waals surface area contributed by atoms with Crippen molar-refractivity contribution < 1.29 is 14.9 Å². The highest BCUT2D eigenvalue weighted by atomic mass is 16.5. The number of nitrogen functional groups attached to an aromatic ring is 1. The second-order valence-corrected chi connectivity index (χ2v) is 3.69. The van der Waals surface area contributed by atoms with Gasteiger partial charge in [-0.2, -0.15) is 5.10 Å². The van der Waals surface area contributed by atoms with E-state index in [-0.39, 0.29) is 18.7 Å². The lowest BCUT2D eigenvalue weighted by Gasteiger charge is -2.13. The normalized spacial score (nSPS) is 29.5. The molecular weight excluding hydrogens is 214 g/mol. The van der Waals surface area contributed by atoms with Gasteiger partial charge < -0.3 is 20.7 Å². The van der Waals surface area contributed by atoms with Crippen LogP contribution in [0.5, 0.6) is 0 Å². The molecule has 4 N–H and O–H groups in total. The number of anilines is 1. The molecular formula is C9H13N3O4. The minimum atomic E-state index is -0.791. The van der Waals surface area contributed by atoms with Crippen LogP contribution in [0.1, 0.15) is 12.6 Å². The van der Waals surface area contributed by atoms with Gasteiger partial charge in [0.1, 0.15) is 6.10 Å². The molecule has 1 aromatic rings. The molecule has 16 heavy (non-hydrogen) atoms. The molecule has 2 rings (SSSR count). The number of nitrogens with zero attached hydrogens (tertiary/aromatic N) is 2. The Morgan fingerprint density at radius 1 is 1.69 bits per heavy atom. The number of aliphatic hydroxyl groups is 2. The van der Waals surface area contributed by atoms with Crippen molar-refractivity contribution in [2.45, 2.75) is 24.9 Å². The van der Waals surface area contributed by atoms with E-state index >= 15 is 0 Å². The number of nitrogens with two attached hydrogens (primary N) is 1. The Balaban J connectivity index is 2.23. The Bertz CT molecular complexity index is 433. The summed E-state index contributed by atoms with van der Waals surface area (Å²) in [7, 11) is 0. The molecule has 0 saturated carbocycles. The number of hydrogen-bond acceptors (Lipinski definition) is 6. The maximum Gasteiger partial charge on any atom is 0.271 e. The minimum Gasteiger partial charge on any atom is -0.397 e. The largest absolute Gasteiger partial charge is 0.397 e. The van der Waals surface area contributed by atoms with Crippen molar-refractivity contribution >= 4 is 5.69 Å². The molecule has 2 heterocycles. The molecule has 1 aliphatic heterocycles. The summed E-state index contributed by atoms with van der Waals surface area (Å²) in [5.74, 6) is 0. The zero-order valence-corrected chi connectivity index (χ0v) is 8.48. The van der Waals surface area contributed by atoms with E-state index in [1.54, 1.807) is 0 Å². The van der Waals surface area contributed by atoms with E-state index in [1.165, 1.54) is 12.3 Å². The van der Waals surface area contributed by atoms with Crippen LogP contribution in [0.2, 0.25) is 0 Å². The summed E-state index contributed by atoms with van der Waals surface area (Å²) >= 11 is 0. The predicted octanol–water partition coefficient (Wildman–Crippen LogP) is -1.53. The monoisotopic (exact) mass is 227 g/mol. The fourth-order valence-electron chi connectivity index (χ4n) is 1.68. The fourth-order valence-corrected chi connectivity index (χ4v) is 1.68. The Morgan fingerprint density at radius 2 is 2.44 bits per heavy atom. The van der Waals surface area contributed by atoms with Crippen molar-refractivity contribution in [1.82, 2.24) is 9.78 Å². The molecule has 7 heteroatoms. The van der Waals surface area contributed by atoms with Crippen LogP contribution in [0.3, 0.4) is 0 Å². The van der Waals surface area contributed by atoms with Crippen LogP contribution >= 0.6 is 0 Å². The van der Waals surface area contributed by atoms with E-state index in [2.05, 4.69) is 5.10 Å². The summed E-state index contributed by atoms with van der Waals surface area (Å²) in [6, 6.07) is 1.23. The lowest BCUT2D eigenvalue weighted by Crippen LogP contribution is -2.27. The second-order valence-electron chi connectivity index (χ2n) is 3.69. The Labute approximate surface area is 91.1 Å². The Morgan fingerprint density at radius 3 is 3.00 bits per heavy atom. The molecule has 0 spiro atoms. The van der Waals surface area contributed by atoms with Gasteiger partial charge in [-0.3, -0.25) is 4.79 Å². The minimum absolute atomic E-state index is 0.224. The summed E-state index contributed by atoms with van der Waals surface area (Å²) in [4.78, 5) is 11.5. The molecule has 3 unspecified atom stereocenters. The summed E-state index contributed by atoms with van der Waals surface area (Å²) < 4.78 is 6.40. The van der Waals surface area contributed by atoms with Crippen LogP contribution in [0.15, 0.2) is 17.1 Å². The summed E-state index contributed by atoms with van der Waals surface area (Å²) in [5, 5.41) is 22.2. The molecule has 0 amide bonds. The number of aromatic nitrogens is 2. The highest BCUT2D eigenvalue weighted by Crippen LogP contribution is 2.26. The maximum absolute atomic E-state index is 11.5. The van der Waals surface area contributed by atoms with Gasteiger partial charge in [0.05, 0.1) is 24.6 Å². The lowest BCUT2D eigenvalue weighted by atomic mass is 10.2. The molecule has 1 aliphatic rings. The molecule has 7 nitrogen and oxygen atoms in total. The van der Waals surface area contributed by atoms with Crippen LogP contribution in [0, 0.1) is 0 Å². The quantitative estimate of drug-likeness (QED) is 0.565. The van der Waals surface area contributed by atoms with Gasteiger partial charge in [0.15, 0.2) is 6.23 Å². The van der Waals surface area contributed by atoms with Crippen LogP contribution < -0.4 is 11.3 Å². The zero-order chi connectivity index (χ0) is 11.7. The third kappa shape index (κ3) is 1.92. The first-order valence-electron chi connectivity index (χ1n) is 4.90. The van der Waals surface area contributed by atoms with Crippen molar-refractivity contribution in [3.63, 3.8) is 0 Å². The van der Waals surface area contributed by atoms with Gasteiger partial charge in [-0.1, -0.05) is 0 Å². The first-order valence-corrected chi connectivity index (χ1v) is 4.90. The summed E-state index contributed by atoms with van der Waals surface area (Å²) in [5.41, 5.74) is 5.28. The van der Waals surface area contributed by atoms with E-state index in [1.807, 2.05) is 0 Å². The SMILES string of the molecule is Nc1cnn(C2CC(O)C(CO)O2)c(=O)c1. The van der Waals surface area contributed by atoms with E-state index < -0.39 is 24.0 Å². The molecule has 0 aliphatic carbocycles. The number of ether oxygens (including phenoxy) is 1. The second kappa shape index (κ2) is 4.20. The standard InChI is InChI=1S/C9H13N3O4/c10-5-1-8(15)12(11-3-5)9-2-6(14)7(4-13)16-9/h1,3,6-7,9,13-14H,2,4,10H2. The van der Waals surface area contributed by atoms with Crippen LogP contribution in [-0.2, 0) is 4.74 Å². The van der Waals surface area contributed by atoms with Crippen molar-refractivity contribution in [2.24, 2.45) is 0 Å². The van der Waals surface area contributed by atoms with E-state index in [9.17, 15) is 9.90 Å². The molecule has 0 bridgehead atoms. The number of aliphatic hydroxyl groups excluding tert-OH is 2. The van der Waals surface area contributed by atoms with E-state index in [4.69, 9.17) is 15.6 Å². The van der Waals surface area contributed by atoms with Crippen molar-refractivity contribution in [1.29, 1.82) is 0 Å². The summed E-state index contributed by atoms with van der Waals surface area (Å²) in [6.45, 7) is -0.290. The third-order valence-corrected chi connectivity index (χ3v) is 2.50. The third-order valence-electron chi connectivity index (χ3n) is 2.50. The molecule has 88 valence electrons. The van der Waals surface area contributed by atoms with Crippen LogP contribution in [-0.4, -0.2) is 38.8 Å². The van der Waals surface area contributed by atoms with Gasteiger partial charge in [0, 0.05) is 12.5 Å². The van der Waals surface area contributed by atoms with Gasteiger partial charge in [0.25, 0.3) is 5.56 Å². The van der Waals surface area contributed by atoms with Gasteiger partial charge in [-0.05, 0) is 0 Å². The average molecular weight is 227 g/mol. The maximum atomic E-state index is 11.5. The topological polar surface area (TPSA) is 111 Å². The molecule has 0 radical (unpaired) electrons. The Hall–Kier alpha value is -1.44. The summed E-state index contributed by atoms with van der Waals surface area (Å²) in [6.07, 6.45) is -0.552. The van der Waals surface area contributed by atoms with Gasteiger partial charge >= 0.3 is 0 Å². The van der Waals surface area contributed by atoms with E-state index in [0.717, 1.165) is 4.68 Å². The predicted molar refractivity (Wildman–Crippen MR) is 54.5 cm³/mol. The van der Waals surface area contributed by atoms with Crippen LogP contribution in [0.4, 0.5) is 5.69 Å². The van der Waals surface area contributed by atoms with Crippen molar-refractivity contribution in [2.75, 3.05) is 12.3 Å². The van der Waals surface area contributed by atoms with Gasteiger partial charge in [0.2, 0.25) is 0 Å². The van der Waals surface area contributed by atoms with Gasteiger partial charge in [-0.25, -0.2) is 4.68 Å². The first kappa shape index (κ1) is 11.1. The molecule has 1 aromatic heterocycles. The highest BCUT2D eigenvalue weighted by molar-refractivity contribution is 5.31. The molecule has 3 atom stereocenters. The molecule has 0 aromatic carbocycles. The van der Waals surface area contributed by atoms with Gasteiger partial charge in [-0.15, -0.1) is 0 Å². The molecule has 1 saturated heterocycles. The lowest BCUT2D eigenvalue weighted by molar-refractivity contribution is -0.0500. The highest BCUT2D eigenvalue weighted by Gasteiger charge is 2.35. The zero-order valence-electron chi connectivity index (χ0n) is 8.48. The number of hydrogen-bond donors (Lipinski definition) is 3.